The SMILES string of the molecule is CCC1CCC(NC(=O)C2NCCc3ccccc32)CC1. The van der Waals surface area contributed by atoms with Gasteiger partial charge in [0.15, 0.2) is 0 Å². The van der Waals surface area contributed by atoms with Gasteiger partial charge in [0.1, 0.15) is 6.04 Å². The zero-order valence-electron chi connectivity index (χ0n) is 12.9. The topological polar surface area (TPSA) is 41.1 Å². The Hall–Kier alpha value is -1.35. The standard InChI is InChI=1S/C18H26N2O/c1-2-13-7-9-15(10-8-13)20-18(21)17-16-6-4-3-5-14(16)11-12-19-17/h3-6,13,15,17,19H,2,7-12H2,1H3,(H,20,21). The highest BCUT2D eigenvalue weighted by molar-refractivity contribution is 5.84. The van der Waals surface area contributed by atoms with Gasteiger partial charge in [-0.05, 0) is 49.1 Å². The number of nitrogens with one attached hydrogen (secondary N) is 2. The molecule has 0 bridgehead atoms. The summed E-state index contributed by atoms with van der Waals surface area (Å²) in [4.78, 5) is 12.6. The highest BCUT2D eigenvalue weighted by atomic mass is 16.2. The summed E-state index contributed by atoms with van der Waals surface area (Å²) in [7, 11) is 0. The number of fused-ring (bicyclic) bond motifs is 1. The number of hydrogen-bond donors (Lipinski definition) is 2. The van der Waals surface area contributed by atoms with Crippen molar-refractivity contribution in [3.8, 4) is 0 Å². The molecule has 3 heteroatoms. The van der Waals surface area contributed by atoms with Crippen molar-refractivity contribution < 1.29 is 4.79 Å². The van der Waals surface area contributed by atoms with E-state index in [2.05, 4.69) is 35.8 Å². The first kappa shape index (κ1) is 14.6. The molecule has 21 heavy (non-hydrogen) atoms. The molecule has 1 aromatic rings. The van der Waals surface area contributed by atoms with Gasteiger partial charge in [-0.25, -0.2) is 0 Å². The highest BCUT2D eigenvalue weighted by Gasteiger charge is 2.28. The van der Waals surface area contributed by atoms with E-state index in [1.807, 2.05) is 6.07 Å². The third-order valence-electron chi connectivity index (χ3n) is 5.14. The summed E-state index contributed by atoms with van der Waals surface area (Å²) in [6, 6.07) is 8.52. The van der Waals surface area contributed by atoms with Crippen LogP contribution in [0.4, 0.5) is 0 Å². The van der Waals surface area contributed by atoms with Crippen LogP contribution < -0.4 is 10.6 Å². The summed E-state index contributed by atoms with van der Waals surface area (Å²) < 4.78 is 0. The summed E-state index contributed by atoms with van der Waals surface area (Å²) >= 11 is 0. The largest absolute Gasteiger partial charge is 0.352 e. The van der Waals surface area contributed by atoms with Crippen LogP contribution in [0.2, 0.25) is 0 Å². The number of benzene rings is 1. The predicted molar refractivity (Wildman–Crippen MR) is 85.1 cm³/mol. The number of carbonyl (C=O) groups excluding carboxylic acids is 1. The van der Waals surface area contributed by atoms with Gasteiger partial charge < -0.3 is 10.6 Å². The molecular weight excluding hydrogens is 260 g/mol. The molecule has 3 rings (SSSR count). The maximum absolute atomic E-state index is 12.6. The Kier molecular flexibility index (Phi) is 4.59. The van der Waals surface area contributed by atoms with Gasteiger partial charge >= 0.3 is 0 Å². The van der Waals surface area contributed by atoms with Crippen molar-refractivity contribution in [3.05, 3.63) is 35.4 Å². The second kappa shape index (κ2) is 6.61. The van der Waals surface area contributed by atoms with Crippen LogP contribution in [0.3, 0.4) is 0 Å². The molecule has 114 valence electrons. The van der Waals surface area contributed by atoms with Crippen molar-refractivity contribution in [3.63, 3.8) is 0 Å². The van der Waals surface area contributed by atoms with Crippen LogP contribution >= 0.6 is 0 Å². The molecule has 0 spiro atoms. The lowest BCUT2D eigenvalue weighted by Crippen LogP contribution is -2.46. The minimum Gasteiger partial charge on any atom is -0.352 e. The molecule has 1 fully saturated rings. The number of carbonyl (C=O) groups is 1. The van der Waals surface area contributed by atoms with Crippen molar-refractivity contribution in [1.82, 2.24) is 10.6 Å². The van der Waals surface area contributed by atoms with Gasteiger partial charge in [-0.15, -0.1) is 0 Å². The van der Waals surface area contributed by atoms with E-state index < -0.39 is 0 Å². The molecule has 1 amide bonds. The van der Waals surface area contributed by atoms with Crippen LogP contribution in [0, 0.1) is 5.92 Å². The monoisotopic (exact) mass is 286 g/mol. The Morgan fingerprint density at radius 2 is 2.00 bits per heavy atom. The van der Waals surface area contributed by atoms with Gasteiger partial charge in [0.2, 0.25) is 5.91 Å². The zero-order valence-corrected chi connectivity index (χ0v) is 12.9. The smallest absolute Gasteiger partial charge is 0.241 e. The Labute approximate surface area is 127 Å². The molecule has 1 saturated carbocycles. The number of hydrogen-bond acceptors (Lipinski definition) is 2. The minimum atomic E-state index is -0.168. The summed E-state index contributed by atoms with van der Waals surface area (Å²) in [5.41, 5.74) is 2.47. The zero-order chi connectivity index (χ0) is 14.7. The van der Waals surface area contributed by atoms with Gasteiger partial charge in [0.25, 0.3) is 0 Å². The van der Waals surface area contributed by atoms with E-state index in [0.717, 1.165) is 37.3 Å². The quantitative estimate of drug-likeness (QED) is 0.897. The molecule has 1 aromatic carbocycles. The second-order valence-corrected chi connectivity index (χ2v) is 6.47. The Bertz CT molecular complexity index is 492. The van der Waals surface area contributed by atoms with Gasteiger partial charge in [0, 0.05) is 12.6 Å². The maximum atomic E-state index is 12.6. The van der Waals surface area contributed by atoms with Crippen molar-refractivity contribution in [2.45, 2.75) is 57.5 Å². The van der Waals surface area contributed by atoms with Crippen molar-refractivity contribution in [1.29, 1.82) is 0 Å². The van der Waals surface area contributed by atoms with E-state index >= 15 is 0 Å². The Morgan fingerprint density at radius 1 is 1.24 bits per heavy atom. The van der Waals surface area contributed by atoms with E-state index in [4.69, 9.17) is 0 Å². The van der Waals surface area contributed by atoms with Crippen LogP contribution in [0.1, 0.15) is 56.2 Å². The molecule has 1 unspecified atom stereocenters. The van der Waals surface area contributed by atoms with E-state index in [9.17, 15) is 4.79 Å². The molecule has 3 nitrogen and oxygen atoms in total. The first-order valence-corrected chi connectivity index (χ1v) is 8.39. The fraction of sp³-hybridized carbons (Fsp3) is 0.611. The first-order chi connectivity index (χ1) is 10.3. The second-order valence-electron chi connectivity index (χ2n) is 6.47. The average Bonchev–Trinajstić information content (AvgIpc) is 2.55. The molecule has 2 N–H and O–H groups in total. The van der Waals surface area contributed by atoms with Gasteiger partial charge in [-0.2, -0.15) is 0 Å². The first-order valence-electron chi connectivity index (χ1n) is 8.39. The van der Waals surface area contributed by atoms with Crippen molar-refractivity contribution in [2.24, 2.45) is 5.92 Å². The van der Waals surface area contributed by atoms with Crippen LogP contribution in [0.25, 0.3) is 0 Å². The summed E-state index contributed by atoms with van der Waals surface area (Å²) in [6.45, 7) is 3.16. The van der Waals surface area contributed by atoms with Crippen LogP contribution in [-0.4, -0.2) is 18.5 Å². The van der Waals surface area contributed by atoms with Gasteiger partial charge in [-0.3, -0.25) is 4.79 Å². The van der Waals surface area contributed by atoms with E-state index in [1.54, 1.807) is 0 Å². The van der Waals surface area contributed by atoms with Crippen molar-refractivity contribution >= 4 is 5.91 Å². The molecule has 0 saturated heterocycles. The highest BCUT2D eigenvalue weighted by Crippen LogP contribution is 2.28. The molecule has 1 atom stereocenters. The molecular formula is C18H26N2O. The van der Waals surface area contributed by atoms with Crippen LogP contribution in [0.15, 0.2) is 24.3 Å². The predicted octanol–water partition coefficient (Wildman–Crippen LogP) is 2.96. The maximum Gasteiger partial charge on any atom is 0.241 e. The molecule has 1 heterocycles. The van der Waals surface area contributed by atoms with E-state index in [0.29, 0.717) is 6.04 Å². The Morgan fingerprint density at radius 3 is 2.76 bits per heavy atom. The lowest BCUT2D eigenvalue weighted by atomic mass is 9.84. The molecule has 1 aliphatic heterocycles. The van der Waals surface area contributed by atoms with Gasteiger partial charge in [0.05, 0.1) is 0 Å². The number of amides is 1. The van der Waals surface area contributed by atoms with E-state index in [1.165, 1.54) is 24.8 Å². The van der Waals surface area contributed by atoms with Crippen LogP contribution in [-0.2, 0) is 11.2 Å². The van der Waals surface area contributed by atoms with E-state index in [-0.39, 0.29) is 11.9 Å². The lowest BCUT2D eigenvalue weighted by Gasteiger charge is -2.31. The summed E-state index contributed by atoms with van der Waals surface area (Å²) in [6.07, 6.45) is 7.09. The molecule has 1 aliphatic carbocycles. The fourth-order valence-electron chi connectivity index (χ4n) is 3.74. The lowest BCUT2D eigenvalue weighted by molar-refractivity contribution is -0.124. The molecule has 0 aromatic heterocycles. The summed E-state index contributed by atoms with van der Waals surface area (Å²) in [5.74, 6) is 1.02. The fourth-order valence-corrected chi connectivity index (χ4v) is 3.74. The summed E-state index contributed by atoms with van der Waals surface area (Å²) in [5, 5.41) is 6.65. The third-order valence-corrected chi connectivity index (χ3v) is 5.14. The average molecular weight is 286 g/mol. The molecule has 2 aliphatic rings. The van der Waals surface area contributed by atoms with Crippen molar-refractivity contribution in [2.75, 3.05) is 6.54 Å². The normalized spacial score (nSPS) is 28.7. The minimum absolute atomic E-state index is 0.155. The van der Waals surface area contributed by atoms with Gasteiger partial charge in [-0.1, -0.05) is 37.6 Å². The molecule has 0 radical (unpaired) electrons. The van der Waals surface area contributed by atoms with Crippen LogP contribution in [0.5, 0.6) is 0 Å². The Balaban J connectivity index is 1.62. The number of rotatable bonds is 3. The third kappa shape index (κ3) is 3.29.